The second-order valence-corrected chi connectivity index (χ2v) is 5.00. The quantitative estimate of drug-likeness (QED) is 0.614. The van der Waals surface area contributed by atoms with E-state index in [1.165, 1.54) is 0 Å². The Morgan fingerprint density at radius 2 is 2.33 bits per heavy atom. The van der Waals surface area contributed by atoms with Crippen molar-refractivity contribution in [1.82, 2.24) is 0 Å². The summed E-state index contributed by atoms with van der Waals surface area (Å²) in [6.45, 7) is 0.769. The zero-order chi connectivity index (χ0) is 11.1. The van der Waals surface area contributed by atoms with E-state index in [1.54, 1.807) is 18.9 Å². The molecule has 4 heteroatoms. The summed E-state index contributed by atoms with van der Waals surface area (Å²) in [6.07, 6.45) is 1.00. The van der Waals surface area contributed by atoms with Crippen LogP contribution in [0.5, 0.6) is 0 Å². The lowest BCUT2D eigenvalue weighted by Crippen LogP contribution is -1.91. The highest BCUT2D eigenvalue weighted by Crippen LogP contribution is 2.25. The van der Waals surface area contributed by atoms with Crippen LogP contribution >= 0.6 is 27.7 Å². The van der Waals surface area contributed by atoms with Crippen LogP contribution in [0, 0.1) is 11.3 Å². The molecule has 0 radical (unpaired) electrons. The lowest BCUT2D eigenvalue weighted by molar-refractivity contribution is 0.200. The van der Waals surface area contributed by atoms with Gasteiger partial charge in [0.15, 0.2) is 0 Å². The third-order valence-corrected chi connectivity index (χ3v) is 3.47. The molecule has 0 saturated heterocycles. The van der Waals surface area contributed by atoms with Gasteiger partial charge in [0.2, 0.25) is 0 Å². The molecule has 15 heavy (non-hydrogen) atoms. The summed E-state index contributed by atoms with van der Waals surface area (Å²) in [6, 6.07) is 7.97. The topological polar surface area (TPSA) is 33.0 Å². The van der Waals surface area contributed by atoms with E-state index in [-0.39, 0.29) is 0 Å². The summed E-state index contributed by atoms with van der Waals surface area (Å²) >= 11 is 5.05. The second-order valence-electron chi connectivity index (χ2n) is 2.95. The predicted octanol–water partition coefficient (Wildman–Crippen LogP) is 3.45. The molecule has 0 aliphatic carbocycles. The normalized spacial score (nSPS) is 9.93. The SMILES string of the molecule is COCCCSc1ccc(Br)cc1C#N. The minimum Gasteiger partial charge on any atom is -0.385 e. The Labute approximate surface area is 103 Å². The number of nitriles is 1. The van der Waals surface area contributed by atoms with Gasteiger partial charge in [0.25, 0.3) is 0 Å². The van der Waals surface area contributed by atoms with Crippen LogP contribution in [-0.2, 0) is 4.74 Å². The molecule has 0 spiro atoms. The first-order valence-corrected chi connectivity index (χ1v) is 6.37. The lowest BCUT2D eigenvalue weighted by atomic mass is 10.2. The Bertz CT molecular complexity index is 362. The first-order chi connectivity index (χ1) is 7.27. The standard InChI is InChI=1S/C11H12BrNOS/c1-14-5-2-6-15-11-4-3-10(12)7-9(11)8-13/h3-4,7H,2,5-6H2,1H3. The largest absolute Gasteiger partial charge is 0.385 e. The monoisotopic (exact) mass is 285 g/mol. The highest BCUT2D eigenvalue weighted by molar-refractivity contribution is 9.10. The summed E-state index contributed by atoms with van der Waals surface area (Å²) < 4.78 is 5.91. The maximum atomic E-state index is 8.94. The Balaban J connectivity index is 2.57. The van der Waals surface area contributed by atoms with Gasteiger partial charge in [-0.15, -0.1) is 11.8 Å². The minimum absolute atomic E-state index is 0.729. The molecule has 1 rings (SSSR count). The van der Waals surface area contributed by atoms with E-state index in [2.05, 4.69) is 22.0 Å². The molecule has 1 aromatic carbocycles. The number of hydrogen-bond donors (Lipinski definition) is 0. The van der Waals surface area contributed by atoms with Crippen molar-refractivity contribution >= 4 is 27.7 Å². The summed E-state index contributed by atoms with van der Waals surface area (Å²) in [5.41, 5.74) is 0.729. The van der Waals surface area contributed by atoms with Gasteiger partial charge in [-0.2, -0.15) is 5.26 Å². The van der Waals surface area contributed by atoms with Gasteiger partial charge in [-0.3, -0.25) is 0 Å². The van der Waals surface area contributed by atoms with Crippen molar-refractivity contribution in [2.75, 3.05) is 19.5 Å². The van der Waals surface area contributed by atoms with Gasteiger partial charge < -0.3 is 4.74 Å². The molecule has 0 unspecified atom stereocenters. The third-order valence-electron chi connectivity index (χ3n) is 1.81. The molecule has 0 aromatic heterocycles. The van der Waals surface area contributed by atoms with Crippen LogP contribution in [0.2, 0.25) is 0 Å². The third kappa shape index (κ3) is 4.25. The lowest BCUT2D eigenvalue weighted by Gasteiger charge is -2.03. The molecule has 0 fully saturated rings. The maximum Gasteiger partial charge on any atom is 0.100 e. The van der Waals surface area contributed by atoms with Gasteiger partial charge >= 0.3 is 0 Å². The number of nitrogens with zero attached hydrogens (tertiary/aromatic N) is 1. The van der Waals surface area contributed by atoms with Crippen molar-refractivity contribution in [2.45, 2.75) is 11.3 Å². The number of methoxy groups -OCH3 is 1. The fourth-order valence-electron chi connectivity index (χ4n) is 1.10. The van der Waals surface area contributed by atoms with Gasteiger partial charge in [-0.25, -0.2) is 0 Å². The number of rotatable bonds is 5. The first-order valence-electron chi connectivity index (χ1n) is 4.59. The summed E-state index contributed by atoms with van der Waals surface area (Å²) in [5.74, 6) is 0.976. The number of hydrogen-bond acceptors (Lipinski definition) is 3. The smallest absolute Gasteiger partial charge is 0.100 e. The van der Waals surface area contributed by atoms with Crippen molar-refractivity contribution < 1.29 is 4.74 Å². The minimum atomic E-state index is 0.729. The molecule has 0 bridgehead atoms. The van der Waals surface area contributed by atoms with E-state index < -0.39 is 0 Å². The molecule has 2 nitrogen and oxygen atoms in total. The molecule has 0 N–H and O–H groups in total. The van der Waals surface area contributed by atoms with Crippen molar-refractivity contribution in [3.63, 3.8) is 0 Å². The first kappa shape index (κ1) is 12.6. The molecule has 0 aliphatic heterocycles. The average molecular weight is 286 g/mol. The molecule has 0 amide bonds. The Morgan fingerprint density at radius 3 is 3.00 bits per heavy atom. The van der Waals surface area contributed by atoms with Gasteiger partial charge in [0.1, 0.15) is 6.07 Å². The molecule has 0 saturated carbocycles. The molecule has 0 atom stereocenters. The highest BCUT2D eigenvalue weighted by atomic mass is 79.9. The molecular formula is C11H12BrNOS. The van der Waals surface area contributed by atoms with E-state index in [9.17, 15) is 0 Å². The second kappa shape index (κ2) is 6.89. The number of benzene rings is 1. The van der Waals surface area contributed by atoms with Crippen LogP contribution in [0.1, 0.15) is 12.0 Å². The van der Waals surface area contributed by atoms with Gasteiger partial charge in [-0.1, -0.05) is 15.9 Å². The molecule has 1 aromatic rings. The van der Waals surface area contributed by atoms with Crippen LogP contribution in [0.15, 0.2) is 27.6 Å². The highest BCUT2D eigenvalue weighted by Gasteiger charge is 2.02. The number of thioether (sulfide) groups is 1. The Morgan fingerprint density at radius 1 is 1.53 bits per heavy atom. The predicted molar refractivity (Wildman–Crippen MR) is 66.1 cm³/mol. The van der Waals surface area contributed by atoms with E-state index in [0.717, 1.165) is 33.7 Å². The van der Waals surface area contributed by atoms with Crippen LogP contribution in [0.3, 0.4) is 0 Å². The zero-order valence-corrected chi connectivity index (χ0v) is 10.9. The molecular weight excluding hydrogens is 274 g/mol. The fourth-order valence-corrected chi connectivity index (χ4v) is 2.37. The van der Waals surface area contributed by atoms with Crippen LogP contribution in [0.4, 0.5) is 0 Å². The average Bonchev–Trinajstić information content (AvgIpc) is 2.26. The van der Waals surface area contributed by atoms with Crippen molar-refractivity contribution in [2.24, 2.45) is 0 Å². The number of halogens is 1. The zero-order valence-electron chi connectivity index (χ0n) is 8.50. The maximum absolute atomic E-state index is 8.94. The van der Waals surface area contributed by atoms with E-state index in [0.29, 0.717) is 0 Å². The van der Waals surface area contributed by atoms with Crippen molar-refractivity contribution in [3.05, 3.63) is 28.2 Å². The van der Waals surface area contributed by atoms with Gasteiger partial charge in [0, 0.05) is 28.8 Å². The Kier molecular flexibility index (Phi) is 5.77. The van der Waals surface area contributed by atoms with Crippen molar-refractivity contribution in [1.29, 1.82) is 5.26 Å². The number of ether oxygens (including phenoxy) is 1. The molecule has 80 valence electrons. The van der Waals surface area contributed by atoms with E-state index >= 15 is 0 Å². The van der Waals surface area contributed by atoms with Crippen LogP contribution in [-0.4, -0.2) is 19.5 Å². The molecule has 0 heterocycles. The summed E-state index contributed by atoms with van der Waals surface area (Å²) in [5, 5.41) is 8.94. The van der Waals surface area contributed by atoms with Crippen molar-refractivity contribution in [3.8, 4) is 6.07 Å². The van der Waals surface area contributed by atoms with Gasteiger partial charge in [-0.05, 0) is 24.6 Å². The molecule has 0 aliphatic rings. The van der Waals surface area contributed by atoms with Crippen LogP contribution in [0.25, 0.3) is 0 Å². The van der Waals surface area contributed by atoms with Gasteiger partial charge in [0.05, 0.1) is 5.56 Å². The summed E-state index contributed by atoms with van der Waals surface area (Å²) in [4.78, 5) is 1.04. The van der Waals surface area contributed by atoms with E-state index in [1.807, 2.05) is 18.2 Å². The summed E-state index contributed by atoms with van der Waals surface area (Å²) in [7, 11) is 1.70. The Hall–Kier alpha value is -0.500. The fraction of sp³-hybridized carbons (Fsp3) is 0.364. The van der Waals surface area contributed by atoms with E-state index in [4.69, 9.17) is 10.00 Å². The van der Waals surface area contributed by atoms with Crippen LogP contribution < -0.4 is 0 Å².